The highest BCUT2D eigenvalue weighted by atomic mass is 32.2. The average molecular weight is 186 g/mol. The maximum absolute atomic E-state index is 10.8. The van der Waals surface area contributed by atoms with Gasteiger partial charge >= 0.3 is 0 Å². The molecular formula is C7H10N2O2S. The van der Waals surface area contributed by atoms with Crippen LogP contribution in [0.4, 0.5) is 0 Å². The number of nitrogens with one attached hydrogen (secondary N) is 1. The van der Waals surface area contributed by atoms with Gasteiger partial charge in [0.15, 0.2) is 5.75 Å². The van der Waals surface area contributed by atoms with Crippen molar-refractivity contribution in [3.63, 3.8) is 0 Å². The molecule has 0 spiro atoms. The van der Waals surface area contributed by atoms with Gasteiger partial charge in [-0.1, -0.05) is 0 Å². The lowest BCUT2D eigenvalue weighted by Gasteiger charge is -1.99. The summed E-state index contributed by atoms with van der Waals surface area (Å²) < 4.78 is 23.9. The number of terminal acetylenes is 1. The molecule has 0 aliphatic heterocycles. The van der Waals surface area contributed by atoms with Crippen molar-refractivity contribution in [2.75, 3.05) is 12.3 Å². The van der Waals surface area contributed by atoms with Gasteiger partial charge in [-0.25, -0.2) is 13.1 Å². The lowest BCUT2D eigenvalue weighted by atomic mass is 10.3. The lowest BCUT2D eigenvalue weighted by Crippen LogP contribution is -2.26. The SMILES string of the molecule is C#CCCCNS(=O)(=O)CC#N. The number of nitrogens with zero attached hydrogens (tertiary/aromatic N) is 1. The number of unbranched alkanes of at least 4 members (excludes halogenated alkanes) is 1. The van der Waals surface area contributed by atoms with Crippen molar-refractivity contribution in [1.82, 2.24) is 4.72 Å². The highest BCUT2D eigenvalue weighted by Gasteiger charge is 2.06. The van der Waals surface area contributed by atoms with E-state index in [1.165, 1.54) is 0 Å². The van der Waals surface area contributed by atoms with E-state index in [1.54, 1.807) is 6.07 Å². The summed E-state index contributed by atoms with van der Waals surface area (Å²) in [6.45, 7) is 0.300. The zero-order valence-corrected chi connectivity index (χ0v) is 7.39. The van der Waals surface area contributed by atoms with Crippen molar-refractivity contribution < 1.29 is 8.42 Å². The Bertz CT molecular complexity index is 294. The lowest BCUT2D eigenvalue weighted by molar-refractivity contribution is 0.583. The molecule has 5 heteroatoms. The molecule has 4 nitrogen and oxygen atoms in total. The maximum Gasteiger partial charge on any atom is 0.225 e. The van der Waals surface area contributed by atoms with E-state index in [0.29, 0.717) is 19.4 Å². The number of hydrogen-bond acceptors (Lipinski definition) is 3. The van der Waals surface area contributed by atoms with Crippen molar-refractivity contribution in [3.8, 4) is 18.4 Å². The van der Waals surface area contributed by atoms with Crippen molar-refractivity contribution in [3.05, 3.63) is 0 Å². The highest BCUT2D eigenvalue weighted by Crippen LogP contribution is 1.87. The minimum atomic E-state index is -3.39. The van der Waals surface area contributed by atoms with Crippen LogP contribution < -0.4 is 4.72 Å². The van der Waals surface area contributed by atoms with Crippen LogP contribution in [0.1, 0.15) is 12.8 Å². The van der Waals surface area contributed by atoms with Crippen LogP contribution in [-0.2, 0) is 10.0 Å². The Balaban J connectivity index is 3.66. The molecular weight excluding hydrogens is 176 g/mol. The summed E-state index contributed by atoms with van der Waals surface area (Å²) in [5, 5.41) is 8.10. The van der Waals surface area contributed by atoms with Crippen LogP contribution in [0.2, 0.25) is 0 Å². The monoisotopic (exact) mass is 186 g/mol. The molecule has 0 aromatic rings. The van der Waals surface area contributed by atoms with Crippen molar-refractivity contribution in [1.29, 1.82) is 5.26 Å². The van der Waals surface area contributed by atoms with Gasteiger partial charge in [-0.05, 0) is 6.42 Å². The molecule has 0 aromatic heterocycles. The molecule has 0 heterocycles. The molecule has 0 fully saturated rings. The van der Waals surface area contributed by atoms with E-state index in [2.05, 4.69) is 10.6 Å². The molecule has 0 saturated heterocycles. The van der Waals surface area contributed by atoms with Crippen LogP contribution >= 0.6 is 0 Å². The van der Waals surface area contributed by atoms with Gasteiger partial charge in [0.25, 0.3) is 0 Å². The Morgan fingerprint density at radius 1 is 1.50 bits per heavy atom. The Kier molecular flexibility index (Phi) is 5.11. The Hall–Kier alpha value is -1.04. The van der Waals surface area contributed by atoms with E-state index in [9.17, 15) is 8.42 Å². The number of nitriles is 1. The van der Waals surface area contributed by atoms with Crippen LogP contribution in [0.25, 0.3) is 0 Å². The van der Waals surface area contributed by atoms with Crippen LogP contribution in [0, 0.1) is 23.7 Å². The Morgan fingerprint density at radius 2 is 2.17 bits per heavy atom. The fraction of sp³-hybridized carbons (Fsp3) is 0.571. The fourth-order valence-electron chi connectivity index (χ4n) is 0.554. The normalized spacial score (nSPS) is 10.2. The molecule has 0 unspecified atom stereocenters. The maximum atomic E-state index is 10.8. The summed E-state index contributed by atoms with van der Waals surface area (Å²) >= 11 is 0. The molecule has 0 aromatic carbocycles. The van der Waals surface area contributed by atoms with E-state index in [4.69, 9.17) is 11.7 Å². The van der Waals surface area contributed by atoms with Gasteiger partial charge in [0, 0.05) is 13.0 Å². The van der Waals surface area contributed by atoms with Crippen LogP contribution in [0.5, 0.6) is 0 Å². The summed E-state index contributed by atoms with van der Waals surface area (Å²) in [5.41, 5.74) is 0. The Labute approximate surface area is 72.6 Å². The molecule has 0 radical (unpaired) electrons. The van der Waals surface area contributed by atoms with E-state index in [0.717, 1.165) is 0 Å². The quantitative estimate of drug-likeness (QED) is 0.479. The van der Waals surface area contributed by atoms with Gasteiger partial charge in [-0.2, -0.15) is 5.26 Å². The topological polar surface area (TPSA) is 70.0 Å². The molecule has 0 bridgehead atoms. The third-order valence-corrected chi connectivity index (χ3v) is 2.23. The standard InChI is InChI=1S/C7H10N2O2S/c1-2-3-4-6-9-12(10,11)7-5-8/h1,9H,3-4,6-7H2. The molecule has 12 heavy (non-hydrogen) atoms. The molecule has 0 saturated carbocycles. The zero-order chi connectivity index (χ0) is 9.45. The largest absolute Gasteiger partial charge is 0.225 e. The third kappa shape index (κ3) is 5.72. The summed E-state index contributed by atoms with van der Waals surface area (Å²) in [5.74, 6) is 1.89. The summed E-state index contributed by atoms with van der Waals surface area (Å²) in [6.07, 6.45) is 6.09. The Morgan fingerprint density at radius 3 is 2.67 bits per heavy atom. The first kappa shape index (κ1) is 11.0. The van der Waals surface area contributed by atoms with Gasteiger partial charge in [-0.15, -0.1) is 12.3 Å². The molecule has 0 rings (SSSR count). The minimum Gasteiger partial charge on any atom is -0.214 e. The average Bonchev–Trinajstić information content (AvgIpc) is 1.98. The van der Waals surface area contributed by atoms with E-state index >= 15 is 0 Å². The third-order valence-electron chi connectivity index (χ3n) is 1.07. The van der Waals surface area contributed by atoms with Crippen molar-refractivity contribution in [2.24, 2.45) is 0 Å². The second-order valence-electron chi connectivity index (χ2n) is 2.12. The fourth-order valence-corrected chi connectivity index (χ4v) is 1.28. The minimum absolute atomic E-state index is 0.300. The molecule has 1 N–H and O–H groups in total. The predicted octanol–water partition coefficient (Wildman–Crippen LogP) is -0.157. The number of sulfonamides is 1. The zero-order valence-electron chi connectivity index (χ0n) is 6.58. The van der Waals surface area contributed by atoms with Gasteiger partial charge in [-0.3, -0.25) is 0 Å². The molecule has 0 aliphatic rings. The summed E-state index contributed by atoms with van der Waals surface area (Å²) in [6, 6.07) is 1.56. The molecule has 66 valence electrons. The molecule has 0 amide bonds. The summed E-state index contributed by atoms with van der Waals surface area (Å²) in [7, 11) is -3.39. The molecule has 0 aliphatic carbocycles. The van der Waals surface area contributed by atoms with Crippen molar-refractivity contribution >= 4 is 10.0 Å². The molecule has 0 atom stereocenters. The summed E-state index contributed by atoms with van der Waals surface area (Å²) in [4.78, 5) is 0. The van der Waals surface area contributed by atoms with E-state index < -0.39 is 15.8 Å². The second-order valence-corrected chi connectivity index (χ2v) is 3.93. The van der Waals surface area contributed by atoms with Gasteiger partial charge in [0.2, 0.25) is 10.0 Å². The van der Waals surface area contributed by atoms with Gasteiger partial charge in [0.1, 0.15) is 0 Å². The van der Waals surface area contributed by atoms with Gasteiger partial charge < -0.3 is 0 Å². The second kappa shape index (κ2) is 5.59. The first-order chi connectivity index (χ1) is 5.62. The first-order valence-corrected chi connectivity index (χ1v) is 5.05. The smallest absolute Gasteiger partial charge is 0.214 e. The number of hydrogen-bond donors (Lipinski definition) is 1. The highest BCUT2D eigenvalue weighted by molar-refractivity contribution is 7.89. The van der Waals surface area contributed by atoms with Crippen LogP contribution in [-0.4, -0.2) is 20.7 Å². The van der Waals surface area contributed by atoms with E-state index in [1.807, 2.05) is 0 Å². The first-order valence-electron chi connectivity index (χ1n) is 3.40. The van der Waals surface area contributed by atoms with E-state index in [-0.39, 0.29) is 0 Å². The van der Waals surface area contributed by atoms with Crippen molar-refractivity contribution in [2.45, 2.75) is 12.8 Å². The van der Waals surface area contributed by atoms with Crippen LogP contribution in [0.15, 0.2) is 0 Å². The van der Waals surface area contributed by atoms with Gasteiger partial charge in [0.05, 0.1) is 6.07 Å². The van der Waals surface area contributed by atoms with Crippen LogP contribution in [0.3, 0.4) is 0 Å². The number of rotatable bonds is 5. The predicted molar refractivity (Wildman–Crippen MR) is 45.5 cm³/mol.